The fourth-order valence-corrected chi connectivity index (χ4v) is 3.70. The van der Waals surface area contributed by atoms with Crippen LogP contribution in [0.1, 0.15) is 47.4 Å². The summed E-state index contributed by atoms with van der Waals surface area (Å²) in [5.74, 6) is -0.367. The molecule has 1 unspecified atom stereocenters. The van der Waals surface area contributed by atoms with Crippen LogP contribution in [-0.2, 0) is 0 Å². The first-order valence-corrected chi connectivity index (χ1v) is 9.38. The minimum atomic E-state index is -0.298. The van der Waals surface area contributed by atoms with Crippen LogP contribution in [0.3, 0.4) is 0 Å². The summed E-state index contributed by atoms with van der Waals surface area (Å²) in [7, 11) is 0. The van der Waals surface area contributed by atoms with Gasteiger partial charge in [-0.3, -0.25) is 9.89 Å². The number of benzene rings is 2. The predicted octanol–water partition coefficient (Wildman–Crippen LogP) is 5.21. The Labute approximate surface area is 162 Å². The summed E-state index contributed by atoms with van der Waals surface area (Å²) < 4.78 is 13.5. The summed E-state index contributed by atoms with van der Waals surface area (Å²) in [6.45, 7) is 2.73. The van der Waals surface area contributed by atoms with E-state index in [9.17, 15) is 9.18 Å². The van der Waals surface area contributed by atoms with Crippen LogP contribution in [0, 0.1) is 5.82 Å². The highest BCUT2D eigenvalue weighted by molar-refractivity contribution is 6.30. The second-order valence-electron chi connectivity index (χ2n) is 6.67. The Kier molecular flexibility index (Phi) is 4.70. The van der Waals surface area contributed by atoms with E-state index in [1.165, 1.54) is 12.1 Å². The Morgan fingerprint density at radius 3 is 2.52 bits per heavy atom. The molecule has 2 aromatic carbocycles. The molecule has 3 aromatic rings. The van der Waals surface area contributed by atoms with Gasteiger partial charge < -0.3 is 4.90 Å². The third kappa shape index (κ3) is 3.12. The van der Waals surface area contributed by atoms with Gasteiger partial charge in [0.05, 0.1) is 11.7 Å². The molecule has 0 aliphatic carbocycles. The normalized spacial score (nSPS) is 16.0. The first-order valence-electron chi connectivity index (χ1n) is 9.00. The number of carbonyl (C=O) groups is 1. The summed E-state index contributed by atoms with van der Waals surface area (Å²) in [5, 5.41) is 7.97. The Morgan fingerprint density at radius 2 is 1.85 bits per heavy atom. The van der Waals surface area contributed by atoms with Gasteiger partial charge in [0.2, 0.25) is 0 Å². The van der Waals surface area contributed by atoms with Crippen molar-refractivity contribution in [2.45, 2.75) is 25.8 Å². The summed E-state index contributed by atoms with van der Waals surface area (Å²) in [6.07, 6.45) is 1.88. The average molecular weight is 384 g/mol. The SMILES string of the molecule is CCCCN1C(=O)c2[nH]nc(-c3ccc(Cl)cc3)c2C1c1ccc(F)cc1. The molecule has 0 spiro atoms. The van der Waals surface area contributed by atoms with E-state index in [-0.39, 0.29) is 17.8 Å². The molecule has 2 heterocycles. The molecule has 1 atom stereocenters. The first kappa shape index (κ1) is 17.7. The minimum absolute atomic E-state index is 0.0690. The molecular formula is C21H19ClFN3O. The standard InChI is InChI=1S/C21H19ClFN3O/c1-2-3-12-26-20(14-6-10-16(23)11-7-14)17-18(24-25-19(17)21(26)27)13-4-8-15(22)9-5-13/h4-11,20H,2-3,12H2,1H3,(H,24,25). The Balaban J connectivity index is 1.84. The number of hydrogen-bond acceptors (Lipinski definition) is 2. The van der Waals surface area contributed by atoms with Crippen LogP contribution in [-0.4, -0.2) is 27.5 Å². The number of H-pyrrole nitrogens is 1. The van der Waals surface area contributed by atoms with Crippen molar-refractivity contribution in [3.05, 3.63) is 76.2 Å². The lowest BCUT2D eigenvalue weighted by molar-refractivity contribution is 0.0741. The number of nitrogens with zero attached hydrogens (tertiary/aromatic N) is 2. The third-order valence-electron chi connectivity index (χ3n) is 4.92. The van der Waals surface area contributed by atoms with Crippen LogP contribution < -0.4 is 0 Å². The lowest BCUT2D eigenvalue weighted by Gasteiger charge is -2.26. The number of halogens is 2. The molecule has 1 aromatic heterocycles. The zero-order chi connectivity index (χ0) is 19.0. The zero-order valence-electron chi connectivity index (χ0n) is 14.9. The number of aromatic nitrogens is 2. The lowest BCUT2D eigenvalue weighted by atomic mass is 9.96. The number of nitrogens with one attached hydrogen (secondary N) is 1. The number of aromatic amines is 1. The maximum absolute atomic E-state index is 13.5. The van der Waals surface area contributed by atoms with E-state index >= 15 is 0 Å². The van der Waals surface area contributed by atoms with Crippen molar-refractivity contribution in [3.63, 3.8) is 0 Å². The van der Waals surface area contributed by atoms with Gasteiger partial charge >= 0.3 is 0 Å². The van der Waals surface area contributed by atoms with Crippen molar-refractivity contribution in [1.29, 1.82) is 0 Å². The van der Waals surface area contributed by atoms with Gasteiger partial charge in [-0.15, -0.1) is 0 Å². The predicted molar refractivity (Wildman–Crippen MR) is 103 cm³/mol. The van der Waals surface area contributed by atoms with Crippen molar-refractivity contribution in [3.8, 4) is 11.3 Å². The van der Waals surface area contributed by atoms with E-state index in [4.69, 9.17) is 11.6 Å². The van der Waals surface area contributed by atoms with E-state index in [0.29, 0.717) is 17.3 Å². The van der Waals surface area contributed by atoms with Crippen LogP contribution in [0.25, 0.3) is 11.3 Å². The van der Waals surface area contributed by atoms with Crippen LogP contribution in [0.15, 0.2) is 48.5 Å². The largest absolute Gasteiger partial charge is 0.326 e. The zero-order valence-corrected chi connectivity index (χ0v) is 15.6. The highest BCUT2D eigenvalue weighted by atomic mass is 35.5. The summed E-state index contributed by atoms with van der Waals surface area (Å²) in [4.78, 5) is 14.9. The molecule has 27 heavy (non-hydrogen) atoms. The molecule has 0 fully saturated rings. The molecule has 0 bridgehead atoms. The summed E-state index contributed by atoms with van der Waals surface area (Å²) in [5.41, 5.74) is 3.82. The topological polar surface area (TPSA) is 49.0 Å². The number of hydrogen-bond donors (Lipinski definition) is 1. The number of carbonyl (C=O) groups excluding carboxylic acids is 1. The van der Waals surface area contributed by atoms with Gasteiger partial charge in [-0.05, 0) is 36.2 Å². The summed E-state index contributed by atoms with van der Waals surface area (Å²) >= 11 is 6.01. The van der Waals surface area contributed by atoms with E-state index in [0.717, 1.165) is 35.2 Å². The second-order valence-corrected chi connectivity index (χ2v) is 7.11. The van der Waals surface area contributed by atoms with Gasteiger partial charge in [-0.2, -0.15) is 5.10 Å². The van der Waals surface area contributed by atoms with E-state index in [1.807, 2.05) is 17.0 Å². The van der Waals surface area contributed by atoms with Gasteiger partial charge in [-0.25, -0.2) is 4.39 Å². The second kappa shape index (κ2) is 7.16. The van der Waals surface area contributed by atoms with Gasteiger partial charge in [-0.1, -0.05) is 49.2 Å². The van der Waals surface area contributed by atoms with Gasteiger partial charge in [0.25, 0.3) is 5.91 Å². The molecule has 4 nitrogen and oxygen atoms in total. The van der Waals surface area contributed by atoms with Gasteiger partial charge in [0, 0.05) is 22.7 Å². The first-order chi connectivity index (χ1) is 13.1. The van der Waals surface area contributed by atoms with Crippen LogP contribution in [0.5, 0.6) is 0 Å². The van der Waals surface area contributed by atoms with E-state index < -0.39 is 0 Å². The van der Waals surface area contributed by atoms with Crippen molar-refractivity contribution < 1.29 is 9.18 Å². The molecule has 138 valence electrons. The highest BCUT2D eigenvalue weighted by Gasteiger charge is 2.41. The molecule has 1 aliphatic rings. The molecule has 0 saturated carbocycles. The third-order valence-corrected chi connectivity index (χ3v) is 5.17. The number of amides is 1. The van der Waals surface area contributed by atoms with Crippen molar-refractivity contribution in [2.75, 3.05) is 6.54 Å². The maximum Gasteiger partial charge on any atom is 0.273 e. The molecule has 1 amide bonds. The molecule has 0 saturated heterocycles. The maximum atomic E-state index is 13.5. The number of fused-ring (bicyclic) bond motifs is 1. The molecule has 1 aliphatic heterocycles. The minimum Gasteiger partial charge on any atom is -0.326 e. The smallest absolute Gasteiger partial charge is 0.273 e. The molecule has 1 N–H and O–H groups in total. The highest BCUT2D eigenvalue weighted by Crippen LogP contribution is 2.42. The average Bonchev–Trinajstić information content (AvgIpc) is 3.21. The molecule has 4 rings (SSSR count). The van der Waals surface area contributed by atoms with Crippen LogP contribution in [0.4, 0.5) is 4.39 Å². The van der Waals surface area contributed by atoms with E-state index in [2.05, 4.69) is 17.1 Å². The van der Waals surface area contributed by atoms with Gasteiger partial charge in [0.1, 0.15) is 11.5 Å². The molecule has 0 radical (unpaired) electrons. The number of rotatable bonds is 5. The van der Waals surface area contributed by atoms with Gasteiger partial charge in [0.15, 0.2) is 0 Å². The van der Waals surface area contributed by atoms with Crippen LogP contribution >= 0.6 is 11.6 Å². The lowest BCUT2D eigenvalue weighted by Crippen LogP contribution is -2.30. The fourth-order valence-electron chi connectivity index (χ4n) is 3.58. The molecular weight excluding hydrogens is 365 g/mol. The Morgan fingerprint density at radius 1 is 1.15 bits per heavy atom. The van der Waals surface area contributed by atoms with E-state index in [1.54, 1.807) is 24.3 Å². The monoisotopic (exact) mass is 383 g/mol. The van der Waals surface area contributed by atoms with Crippen molar-refractivity contribution >= 4 is 17.5 Å². The number of unbranched alkanes of at least 4 members (excludes halogenated alkanes) is 1. The molecule has 6 heteroatoms. The summed E-state index contributed by atoms with van der Waals surface area (Å²) in [6, 6.07) is 13.4. The Bertz CT molecular complexity index is 966. The Hall–Kier alpha value is -2.66. The van der Waals surface area contributed by atoms with Crippen molar-refractivity contribution in [2.24, 2.45) is 0 Å². The van der Waals surface area contributed by atoms with Crippen LogP contribution in [0.2, 0.25) is 5.02 Å². The van der Waals surface area contributed by atoms with Crippen molar-refractivity contribution in [1.82, 2.24) is 15.1 Å². The quantitative estimate of drug-likeness (QED) is 0.657. The fraction of sp³-hybridized carbons (Fsp3) is 0.238.